The Bertz CT molecular complexity index is 1060. The van der Waals surface area contributed by atoms with Crippen LogP contribution in [0.2, 0.25) is 0 Å². The molecule has 0 radical (unpaired) electrons. The molecule has 4 rings (SSSR count). The lowest BCUT2D eigenvalue weighted by molar-refractivity contribution is -0.131. The number of aryl methyl sites for hydroxylation is 2. The van der Waals surface area contributed by atoms with Crippen LogP contribution in [0.15, 0.2) is 24.3 Å². The third-order valence-electron chi connectivity index (χ3n) is 5.48. The fourth-order valence-corrected chi connectivity index (χ4v) is 3.88. The van der Waals surface area contributed by atoms with Gasteiger partial charge >= 0.3 is 0 Å². The molecule has 2 aromatic heterocycles. The molecule has 8 nitrogen and oxygen atoms in total. The zero-order valence-corrected chi connectivity index (χ0v) is 16.6. The maximum Gasteiger partial charge on any atom is 0.254 e. The molecule has 0 aliphatic carbocycles. The van der Waals surface area contributed by atoms with E-state index >= 15 is 0 Å². The SMILES string of the molecule is Cc1nc2nc(N)nn2c(C)c1CCC(=O)N1CCN(c2ccccc2F)CC1. The molecule has 9 heteroatoms. The summed E-state index contributed by atoms with van der Waals surface area (Å²) in [4.78, 5) is 25.1. The second-order valence-corrected chi connectivity index (χ2v) is 7.26. The normalized spacial score (nSPS) is 14.6. The Morgan fingerprint density at radius 1 is 1.14 bits per heavy atom. The Morgan fingerprint density at radius 3 is 2.59 bits per heavy atom. The summed E-state index contributed by atoms with van der Waals surface area (Å²) in [6.07, 6.45) is 0.964. The summed E-state index contributed by atoms with van der Waals surface area (Å²) in [7, 11) is 0. The van der Waals surface area contributed by atoms with Crippen molar-refractivity contribution in [3.8, 4) is 0 Å². The number of hydrogen-bond acceptors (Lipinski definition) is 6. The Hall–Kier alpha value is -3.23. The maximum absolute atomic E-state index is 14.0. The second-order valence-electron chi connectivity index (χ2n) is 7.26. The molecule has 1 fully saturated rings. The van der Waals surface area contributed by atoms with Crippen molar-refractivity contribution in [3.05, 3.63) is 47.0 Å². The van der Waals surface area contributed by atoms with Crippen molar-refractivity contribution in [3.63, 3.8) is 0 Å². The average molecular weight is 397 g/mol. The van der Waals surface area contributed by atoms with Gasteiger partial charge in [-0.1, -0.05) is 12.1 Å². The third-order valence-corrected chi connectivity index (χ3v) is 5.48. The van der Waals surface area contributed by atoms with Crippen LogP contribution < -0.4 is 10.6 Å². The minimum Gasteiger partial charge on any atom is -0.366 e. The van der Waals surface area contributed by atoms with Gasteiger partial charge in [-0.2, -0.15) is 9.50 Å². The van der Waals surface area contributed by atoms with Crippen LogP contribution in [0, 0.1) is 19.7 Å². The van der Waals surface area contributed by atoms with Gasteiger partial charge in [0.05, 0.1) is 5.69 Å². The molecule has 152 valence electrons. The first kappa shape index (κ1) is 19.1. The number of piperazine rings is 1. The molecular weight excluding hydrogens is 373 g/mol. The molecule has 1 saturated heterocycles. The summed E-state index contributed by atoms with van der Waals surface area (Å²) in [5, 5.41) is 4.16. The van der Waals surface area contributed by atoms with E-state index in [0.29, 0.717) is 50.5 Å². The number of halogens is 1. The number of nitrogens with two attached hydrogens (primary N) is 1. The van der Waals surface area contributed by atoms with Gasteiger partial charge in [-0.05, 0) is 38.0 Å². The molecule has 3 heterocycles. The Kier molecular flexibility index (Phi) is 5.04. The number of aromatic nitrogens is 4. The molecule has 29 heavy (non-hydrogen) atoms. The summed E-state index contributed by atoms with van der Waals surface area (Å²) in [6.45, 7) is 6.25. The highest BCUT2D eigenvalue weighted by atomic mass is 19.1. The van der Waals surface area contributed by atoms with E-state index < -0.39 is 0 Å². The molecule has 1 amide bonds. The van der Waals surface area contributed by atoms with E-state index in [0.717, 1.165) is 17.0 Å². The van der Waals surface area contributed by atoms with Gasteiger partial charge in [-0.25, -0.2) is 9.37 Å². The van der Waals surface area contributed by atoms with Crippen molar-refractivity contribution < 1.29 is 9.18 Å². The quantitative estimate of drug-likeness (QED) is 0.721. The number of para-hydroxylation sites is 1. The van der Waals surface area contributed by atoms with Crippen LogP contribution in [0.25, 0.3) is 5.78 Å². The smallest absolute Gasteiger partial charge is 0.254 e. The van der Waals surface area contributed by atoms with Crippen molar-refractivity contribution in [2.24, 2.45) is 0 Å². The lowest BCUT2D eigenvalue weighted by atomic mass is 10.1. The molecule has 0 spiro atoms. The molecule has 0 bridgehead atoms. The molecule has 1 aliphatic heterocycles. The predicted molar refractivity (Wildman–Crippen MR) is 108 cm³/mol. The molecule has 1 aromatic carbocycles. The molecule has 0 saturated carbocycles. The number of nitrogens with zero attached hydrogens (tertiary/aromatic N) is 6. The highest BCUT2D eigenvalue weighted by molar-refractivity contribution is 5.77. The summed E-state index contributed by atoms with van der Waals surface area (Å²) < 4.78 is 15.6. The van der Waals surface area contributed by atoms with E-state index in [9.17, 15) is 9.18 Å². The van der Waals surface area contributed by atoms with Crippen molar-refractivity contribution >= 4 is 23.3 Å². The number of carbonyl (C=O) groups is 1. The van der Waals surface area contributed by atoms with Gasteiger partial charge in [0.15, 0.2) is 0 Å². The van der Waals surface area contributed by atoms with Crippen LogP contribution in [0.5, 0.6) is 0 Å². The first-order valence-electron chi connectivity index (χ1n) is 9.69. The lowest BCUT2D eigenvalue weighted by Gasteiger charge is -2.36. The van der Waals surface area contributed by atoms with E-state index in [1.165, 1.54) is 6.07 Å². The fraction of sp³-hybridized carbons (Fsp3) is 0.400. The standard InChI is InChI=1S/C20H24FN7O/c1-13-15(14(2)28-20(23-13)24-19(22)25-28)7-8-18(29)27-11-9-26(10-12-27)17-6-4-3-5-16(17)21/h3-6H,7-12H2,1-2H3,(H2,22,25). The first-order valence-corrected chi connectivity index (χ1v) is 9.69. The molecule has 1 aliphatic rings. The van der Waals surface area contributed by atoms with Crippen molar-refractivity contribution in [1.82, 2.24) is 24.5 Å². The van der Waals surface area contributed by atoms with Crippen LogP contribution in [-0.4, -0.2) is 56.6 Å². The molecule has 2 N–H and O–H groups in total. The van der Waals surface area contributed by atoms with Crippen LogP contribution in [0.1, 0.15) is 23.4 Å². The van der Waals surface area contributed by atoms with Gasteiger partial charge in [0.25, 0.3) is 5.78 Å². The van der Waals surface area contributed by atoms with E-state index in [-0.39, 0.29) is 17.7 Å². The summed E-state index contributed by atoms with van der Waals surface area (Å²) in [6, 6.07) is 6.75. The summed E-state index contributed by atoms with van der Waals surface area (Å²) in [5.41, 5.74) is 8.98. The number of hydrogen-bond donors (Lipinski definition) is 1. The number of rotatable bonds is 4. The molecule has 0 unspecified atom stereocenters. The van der Waals surface area contributed by atoms with E-state index in [1.807, 2.05) is 29.7 Å². The number of benzene rings is 1. The van der Waals surface area contributed by atoms with E-state index in [4.69, 9.17) is 5.73 Å². The predicted octanol–water partition coefficient (Wildman–Crippen LogP) is 1.74. The van der Waals surface area contributed by atoms with Gasteiger partial charge in [0.2, 0.25) is 11.9 Å². The van der Waals surface area contributed by atoms with Crippen LogP contribution in [-0.2, 0) is 11.2 Å². The number of carbonyl (C=O) groups excluding carboxylic acids is 1. The van der Waals surface area contributed by atoms with Gasteiger partial charge < -0.3 is 15.5 Å². The zero-order valence-electron chi connectivity index (χ0n) is 16.6. The van der Waals surface area contributed by atoms with E-state index in [2.05, 4.69) is 15.1 Å². The Balaban J connectivity index is 1.39. The van der Waals surface area contributed by atoms with Crippen LogP contribution in [0.3, 0.4) is 0 Å². The maximum atomic E-state index is 14.0. The van der Waals surface area contributed by atoms with Gasteiger partial charge in [-0.3, -0.25) is 4.79 Å². The minimum atomic E-state index is -0.227. The second kappa shape index (κ2) is 7.65. The fourth-order valence-electron chi connectivity index (χ4n) is 3.88. The number of anilines is 2. The Morgan fingerprint density at radius 2 is 1.86 bits per heavy atom. The monoisotopic (exact) mass is 397 g/mol. The van der Waals surface area contributed by atoms with Crippen molar-refractivity contribution in [2.45, 2.75) is 26.7 Å². The van der Waals surface area contributed by atoms with Crippen LogP contribution >= 0.6 is 0 Å². The average Bonchev–Trinajstić information content (AvgIpc) is 3.08. The van der Waals surface area contributed by atoms with Crippen LogP contribution in [0.4, 0.5) is 16.0 Å². The Labute approximate surface area is 168 Å². The van der Waals surface area contributed by atoms with Crippen molar-refractivity contribution in [1.29, 1.82) is 0 Å². The van der Waals surface area contributed by atoms with Gasteiger partial charge in [0.1, 0.15) is 5.82 Å². The number of amides is 1. The zero-order chi connectivity index (χ0) is 20.5. The molecule has 0 atom stereocenters. The van der Waals surface area contributed by atoms with Crippen molar-refractivity contribution in [2.75, 3.05) is 36.8 Å². The summed E-state index contributed by atoms with van der Waals surface area (Å²) >= 11 is 0. The number of nitrogen functional groups attached to an aromatic ring is 1. The lowest BCUT2D eigenvalue weighted by Crippen LogP contribution is -2.49. The minimum absolute atomic E-state index is 0.0928. The molecule has 3 aromatic rings. The first-order chi connectivity index (χ1) is 13.9. The van der Waals surface area contributed by atoms with Gasteiger partial charge in [-0.15, -0.1) is 5.10 Å². The largest absolute Gasteiger partial charge is 0.366 e. The molecular formula is C20H24FN7O. The van der Waals surface area contributed by atoms with Gasteiger partial charge in [0, 0.05) is 44.0 Å². The van der Waals surface area contributed by atoms with E-state index in [1.54, 1.807) is 16.6 Å². The topological polar surface area (TPSA) is 92.6 Å². The highest BCUT2D eigenvalue weighted by Crippen LogP contribution is 2.21. The highest BCUT2D eigenvalue weighted by Gasteiger charge is 2.23. The number of fused-ring (bicyclic) bond motifs is 1. The third kappa shape index (κ3) is 3.72. The summed E-state index contributed by atoms with van der Waals surface area (Å²) in [5.74, 6) is 0.517.